The molecule has 1 aromatic heterocycles. The van der Waals surface area contributed by atoms with Crippen LogP contribution in [0.25, 0.3) is 0 Å². The summed E-state index contributed by atoms with van der Waals surface area (Å²) in [7, 11) is 0. The molecule has 0 aliphatic rings. The van der Waals surface area contributed by atoms with E-state index in [0.29, 0.717) is 24.3 Å². The Morgan fingerprint density at radius 2 is 1.80 bits per heavy atom. The molecule has 132 valence electrons. The molecule has 3 N–H and O–H groups in total. The second kappa shape index (κ2) is 8.82. The molecular formula is C19H24N4O2. The van der Waals surface area contributed by atoms with Crippen molar-refractivity contribution in [3.8, 4) is 0 Å². The first-order valence-corrected chi connectivity index (χ1v) is 8.44. The summed E-state index contributed by atoms with van der Waals surface area (Å²) in [6.07, 6.45) is 2.01. The van der Waals surface area contributed by atoms with Crippen molar-refractivity contribution in [3.63, 3.8) is 0 Å². The van der Waals surface area contributed by atoms with Gasteiger partial charge in [0.25, 0.3) is 5.91 Å². The number of pyridine rings is 1. The summed E-state index contributed by atoms with van der Waals surface area (Å²) in [5.41, 5.74) is 2.40. The van der Waals surface area contributed by atoms with Crippen molar-refractivity contribution >= 4 is 23.3 Å². The maximum absolute atomic E-state index is 11.7. The third-order valence-electron chi connectivity index (χ3n) is 3.74. The highest BCUT2D eigenvalue weighted by molar-refractivity contribution is 5.94. The lowest BCUT2D eigenvalue weighted by atomic mass is 10.1. The molecule has 0 bridgehead atoms. The Balaban J connectivity index is 1.98. The number of rotatable bonds is 7. The Bertz CT molecular complexity index is 711. The normalized spacial score (nSPS) is 11.5. The highest BCUT2D eigenvalue weighted by Crippen LogP contribution is 2.20. The van der Waals surface area contributed by atoms with Crippen molar-refractivity contribution in [2.45, 2.75) is 33.2 Å². The molecule has 25 heavy (non-hydrogen) atoms. The van der Waals surface area contributed by atoms with Gasteiger partial charge in [0.05, 0.1) is 5.56 Å². The summed E-state index contributed by atoms with van der Waals surface area (Å²) >= 11 is 0. The fourth-order valence-corrected chi connectivity index (χ4v) is 2.29. The Hall–Kier alpha value is -2.89. The van der Waals surface area contributed by atoms with Gasteiger partial charge in [-0.1, -0.05) is 19.1 Å². The lowest BCUT2D eigenvalue weighted by Crippen LogP contribution is -2.22. The Morgan fingerprint density at radius 1 is 1.08 bits per heavy atom. The zero-order chi connectivity index (χ0) is 18.2. The fraction of sp³-hybridized carbons (Fsp3) is 0.316. The molecule has 2 rings (SSSR count). The smallest absolute Gasteiger partial charge is 0.252 e. The van der Waals surface area contributed by atoms with Crippen LogP contribution in [0.4, 0.5) is 11.5 Å². The maximum Gasteiger partial charge on any atom is 0.252 e. The van der Waals surface area contributed by atoms with Crippen molar-refractivity contribution in [3.05, 3.63) is 53.7 Å². The second-order valence-corrected chi connectivity index (χ2v) is 5.68. The topological polar surface area (TPSA) is 83.1 Å². The van der Waals surface area contributed by atoms with E-state index < -0.39 is 0 Å². The molecule has 2 aromatic rings. The zero-order valence-electron chi connectivity index (χ0n) is 14.8. The zero-order valence-corrected chi connectivity index (χ0v) is 14.8. The number of carbonyl (C=O) groups is 2. The van der Waals surface area contributed by atoms with Crippen molar-refractivity contribution < 1.29 is 9.59 Å². The van der Waals surface area contributed by atoms with Crippen LogP contribution in [0.5, 0.6) is 0 Å². The summed E-state index contributed by atoms with van der Waals surface area (Å²) in [5.74, 6) is 0.568. The molecule has 1 aromatic carbocycles. The average molecular weight is 340 g/mol. The molecule has 0 fully saturated rings. The van der Waals surface area contributed by atoms with Crippen molar-refractivity contribution in [2.75, 3.05) is 17.2 Å². The summed E-state index contributed by atoms with van der Waals surface area (Å²) in [5, 5.41) is 8.86. The van der Waals surface area contributed by atoms with E-state index in [-0.39, 0.29) is 17.9 Å². The fourth-order valence-electron chi connectivity index (χ4n) is 2.29. The molecule has 1 heterocycles. The van der Waals surface area contributed by atoms with Crippen molar-refractivity contribution in [1.82, 2.24) is 10.3 Å². The van der Waals surface area contributed by atoms with E-state index in [2.05, 4.69) is 20.9 Å². The predicted molar refractivity (Wildman–Crippen MR) is 99.6 cm³/mol. The van der Waals surface area contributed by atoms with Crippen LogP contribution in [0.1, 0.15) is 49.2 Å². The molecule has 0 aliphatic heterocycles. The summed E-state index contributed by atoms with van der Waals surface area (Å²) in [6, 6.07) is 11.3. The lowest BCUT2D eigenvalue weighted by molar-refractivity contribution is -0.115. The van der Waals surface area contributed by atoms with Crippen LogP contribution in [0.2, 0.25) is 0 Å². The second-order valence-electron chi connectivity index (χ2n) is 5.68. The molecule has 0 saturated carbocycles. The highest BCUT2D eigenvalue weighted by atomic mass is 16.2. The van der Waals surface area contributed by atoms with E-state index in [1.54, 1.807) is 18.3 Å². The average Bonchev–Trinajstić information content (AvgIpc) is 2.63. The summed E-state index contributed by atoms with van der Waals surface area (Å²) in [6.45, 7) is 6.31. The van der Waals surface area contributed by atoms with E-state index in [1.165, 1.54) is 0 Å². The molecule has 0 saturated heterocycles. The number of nitrogens with one attached hydrogen (secondary N) is 3. The van der Waals surface area contributed by atoms with Crippen LogP contribution in [-0.2, 0) is 4.79 Å². The number of carbonyl (C=O) groups excluding carboxylic acids is 2. The minimum absolute atomic E-state index is 0.00433. The minimum Gasteiger partial charge on any atom is -0.364 e. The SMILES string of the molecule is CCNC(=O)c1ccc(N[C@H](C)c2ccc(NC(=O)CC)cc2)nc1. The molecule has 0 radical (unpaired) electrons. The van der Waals surface area contributed by atoms with Gasteiger partial charge >= 0.3 is 0 Å². The third kappa shape index (κ3) is 5.31. The monoisotopic (exact) mass is 340 g/mol. The summed E-state index contributed by atoms with van der Waals surface area (Å²) < 4.78 is 0. The van der Waals surface area contributed by atoms with Gasteiger partial charge in [0.1, 0.15) is 5.82 Å². The first kappa shape index (κ1) is 18.4. The Labute approximate surface area is 148 Å². The van der Waals surface area contributed by atoms with Crippen molar-refractivity contribution in [1.29, 1.82) is 0 Å². The summed E-state index contributed by atoms with van der Waals surface area (Å²) in [4.78, 5) is 27.4. The first-order valence-electron chi connectivity index (χ1n) is 8.44. The highest BCUT2D eigenvalue weighted by Gasteiger charge is 2.08. The van der Waals surface area contributed by atoms with Crippen LogP contribution >= 0.6 is 0 Å². The first-order chi connectivity index (χ1) is 12.0. The van der Waals surface area contributed by atoms with Gasteiger partial charge in [0.2, 0.25) is 5.91 Å². The third-order valence-corrected chi connectivity index (χ3v) is 3.74. The van der Waals surface area contributed by atoms with E-state index in [1.807, 2.05) is 45.0 Å². The Kier molecular flexibility index (Phi) is 6.51. The van der Waals surface area contributed by atoms with Crippen LogP contribution < -0.4 is 16.0 Å². The molecule has 6 heteroatoms. The van der Waals surface area contributed by atoms with Gasteiger partial charge in [-0.2, -0.15) is 0 Å². The number of amides is 2. The quantitative estimate of drug-likeness (QED) is 0.722. The maximum atomic E-state index is 11.7. The number of hydrogen-bond acceptors (Lipinski definition) is 4. The molecule has 1 atom stereocenters. The number of benzene rings is 1. The molecule has 2 amide bonds. The van der Waals surface area contributed by atoms with Crippen LogP contribution in [0.3, 0.4) is 0 Å². The molecule has 0 spiro atoms. The van der Waals surface area contributed by atoms with Crippen LogP contribution in [0.15, 0.2) is 42.6 Å². The van der Waals surface area contributed by atoms with Gasteiger partial charge < -0.3 is 16.0 Å². The number of nitrogens with zero attached hydrogens (tertiary/aromatic N) is 1. The lowest BCUT2D eigenvalue weighted by Gasteiger charge is -2.16. The van der Waals surface area contributed by atoms with Crippen LogP contribution in [-0.4, -0.2) is 23.3 Å². The van der Waals surface area contributed by atoms with Gasteiger partial charge in [-0.05, 0) is 43.7 Å². The van der Waals surface area contributed by atoms with Gasteiger partial charge in [0, 0.05) is 30.9 Å². The molecular weight excluding hydrogens is 316 g/mol. The van der Waals surface area contributed by atoms with Crippen LogP contribution in [0, 0.1) is 0 Å². The molecule has 0 unspecified atom stereocenters. The minimum atomic E-state index is -0.126. The predicted octanol–water partition coefficient (Wildman–Crippen LogP) is 3.35. The largest absolute Gasteiger partial charge is 0.364 e. The Morgan fingerprint density at radius 3 is 2.36 bits per heavy atom. The number of anilines is 2. The van der Waals surface area contributed by atoms with Gasteiger partial charge in [-0.3, -0.25) is 9.59 Å². The van der Waals surface area contributed by atoms with E-state index in [9.17, 15) is 9.59 Å². The standard InChI is InChI=1S/C19H24N4O2/c1-4-18(24)23-16-9-6-14(7-10-16)13(3)22-17-11-8-15(12-21-17)19(25)20-5-2/h6-13H,4-5H2,1-3H3,(H,20,25)(H,21,22)(H,23,24)/t13-/m1/s1. The number of hydrogen-bond donors (Lipinski definition) is 3. The van der Waals surface area contributed by atoms with Gasteiger partial charge in [-0.25, -0.2) is 4.98 Å². The van der Waals surface area contributed by atoms with E-state index in [4.69, 9.17) is 0 Å². The number of aromatic nitrogens is 1. The molecule has 0 aliphatic carbocycles. The molecule has 6 nitrogen and oxygen atoms in total. The van der Waals surface area contributed by atoms with Gasteiger partial charge in [0.15, 0.2) is 0 Å². The van der Waals surface area contributed by atoms with Crippen molar-refractivity contribution in [2.24, 2.45) is 0 Å². The van der Waals surface area contributed by atoms with Gasteiger partial charge in [-0.15, -0.1) is 0 Å². The van der Waals surface area contributed by atoms with E-state index >= 15 is 0 Å². The van der Waals surface area contributed by atoms with E-state index in [0.717, 1.165) is 11.3 Å².